The van der Waals surface area contributed by atoms with Crippen molar-refractivity contribution in [3.63, 3.8) is 0 Å². The predicted octanol–water partition coefficient (Wildman–Crippen LogP) is 3.91. The van der Waals surface area contributed by atoms with E-state index in [0.717, 1.165) is 59.8 Å². The summed E-state index contributed by atoms with van der Waals surface area (Å²) >= 11 is 0. The van der Waals surface area contributed by atoms with E-state index in [0.29, 0.717) is 11.5 Å². The second-order valence-corrected chi connectivity index (χ2v) is 8.45. The highest BCUT2D eigenvalue weighted by Crippen LogP contribution is 2.29. The zero-order valence-corrected chi connectivity index (χ0v) is 18.8. The molecule has 0 aliphatic carbocycles. The highest BCUT2D eigenvalue weighted by atomic mass is 16.5. The summed E-state index contributed by atoms with van der Waals surface area (Å²) in [5.41, 5.74) is 6.09. The fourth-order valence-corrected chi connectivity index (χ4v) is 4.38. The van der Waals surface area contributed by atoms with E-state index in [1.54, 1.807) is 13.1 Å². The lowest BCUT2D eigenvalue weighted by atomic mass is 10.1. The molecule has 1 atom stereocenters. The van der Waals surface area contributed by atoms with Gasteiger partial charge in [0, 0.05) is 54.0 Å². The number of aromatic nitrogens is 5. The van der Waals surface area contributed by atoms with Crippen molar-refractivity contribution >= 4 is 33.7 Å². The van der Waals surface area contributed by atoms with Crippen LogP contribution in [0.4, 0.5) is 17.2 Å². The molecule has 0 bridgehead atoms. The van der Waals surface area contributed by atoms with Gasteiger partial charge in [-0.1, -0.05) is 12.1 Å². The van der Waals surface area contributed by atoms with Crippen molar-refractivity contribution in [3.8, 4) is 11.3 Å². The molecule has 0 saturated carbocycles. The number of morpholine rings is 1. The Balaban J connectivity index is 1.33. The molecule has 1 fully saturated rings. The van der Waals surface area contributed by atoms with Gasteiger partial charge in [0.1, 0.15) is 0 Å². The minimum absolute atomic E-state index is 0.610. The number of aromatic amines is 1. The Morgan fingerprint density at radius 1 is 1.12 bits per heavy atom. The first-order chi connectivity index (χ1) is 16.7. The van der Waals surface area contributed by atoms with Crippen molar-refractivity contribution < 1.29 is 9.84 Å². The lowest BCUT2D eigenvalue weighted by Crippen LogP contribution is -2.36. The van der Waals surface area contributed by atoms with Gasteiger partial charge in [-0.2, -0.15) is 5.10 Å². The van der Waals surface area contributed by atoms with Crippen molar-refractivity contribution in [1.82, 2.24) is 24.6 Å². The number of hydrogen-bond acceptors (Lipinski definition) is 7. The van der Waals surface area contributed by atoms with Crippen LogP contribution in [0.5, 0.6) is 0 Å². The Labute approximate surface area is 196 Å². The monoisotopic (exact) mass is 455 g/mol. The van der Waals surface area contributed by atoms with Gasteiger partial charge in [0.25, 0.3) is 0 Å². The van der Waals surface area contributed by atoms with E-state index in [1.165, 1.54) is 5.69 Å². The topological polar surface area (TPSA) is 104 Å². The lowest BCUT2D eigenvalue weighted by molar-refractivity contribution is 0.122. The minimum Gasteiger partial charge on any atom is -0.387 e. The molecule has 172 valence electrons. The van der Waals surface area contributed by atoms with Crippen LogP contribution in [-0.4, -0.2) is 56.0 Å². The standard InChI is InChI=1S/C25H25N7O2/c1-16(33)23-20-7-2-17(14-21(20)29-30-23)22-15-32-9-8-26-25(32)24(28-22)27-18-3-5-19(6-4-18)31-10-12-34-13-11-31/h2-9,14-16,33H,10-13H2,1H3,(H,27,28)(H,29,30). The molecular weight excluding hydrogens is 430 g/mol. The third-order valence-corrected chi connectivity index (χ3v) is 6.18. The number of nitrogens with zero attached hydrogens (tertiary/aromatic N) is 5. The summed E-state index contributed by atoms with van der Waals surface area (Å²) in [6.45, 7) is 5.06. The van der Waals surface area contributed by atoms with Crippen LogP contribution in [0.3, 0.4) is 0 Å². The van der Waals surface area contributed by atoms with Gasteiger partial charge in [-0.3, -0.25) is 5.10 Å². The third kappa shape index (κ3) is 3.74. The summed E-state index contributed by atoms with van der Waals surface area (Å²) < 4.78 is 7.41. The molecule has 3 N–H and O–H groups in total. The van der Waals surface area contributed by atoms with E-state index in [1.807, 2.05) is 35.0 Å². The summed E-state index contributed by atoms with van der Waals surface area (Å²) in [6.07, 6.45) is 5.02. The third-order valence-electron chi connectivity index (χ3n) is 6.18. The van der Waals surface area contributed by atoms with Crippen molar-refractivity contribution in [1.29, 1.82) is 0 Å². The molecule has 34 heavy (non-hydrogen) atoms. The molecule has 1 aliphatic rings. The van der Waals surface area contributed by atoms with Crippen LogP contribution in [0, 0.1) is 0 Å². The van der Waals surface area contributed by atoms with Gasteiger partial charge in [-0.15, -0.1) is 0 Å². The smallest absolute Gasteiger partial charge is 0.180 e. The Morgan fingerprint density at radius 2 is 1.94 bits per heavy atom. The summed E-state index contributed by atoms with van der Waals surface area (Å²) in [7, 11) is 0. The van der Waals surface area contributed by atoms with Gasteiger partial charge >= 0.3 is 0 Å². The quantitative estimate of drug-likeness (QED) is 0.369. The van der Waals surface area contributed by atoms with Gasteiger partial charge in [0.2, 0.25) is 0 Å². The van der Waals surface area contributed by atoms with Gasteiger partial charge in [-0.05, 0) is 37.3 Å². The number of aliphatic hydroxyl groups is 1. The molecule has 1 aliphatic heterocycles. The Kier molecular flexibility index (Phi) is 5.12. The summed E-state index contributed by atoms with van der Waals surface area (Å²) in [5, 5.41) is 21.6. The molecule has 3 aromatic heterocycles. The maximum Gasteiger partial charge on any atom is 0.180 e. The normalized spacial score (nSPS) is 15.2. The first kappa shape index (κ1) is 20.6. The van der Waals surface area contributed by atoms with Crippen molar-refractivity contribution in [2.75, 3.05) is 36.5 Å². The first-order valence-corrected chi connectivity index (χ1v) is 11.4. The Morgan fingerprint density at radius 3 is 2.74 bits per heavy atom. The molecule has 1 unspecified atom stereocenters. The number of hydrogen-bond donors (Lipinski definition) is 3. The largest absolute Gasteiger partial charge is 0.387 e. The predicted molar refractivity (Wildman–Crippen MR) is 131 cm³/mol. The lowest BCUT2D eigenvalue weighted by Gasteiger charge is -2.28. The van der Waals surface area contributed by atoms with Crippen molar-refractivity contribution in [2.45, 2.75) is 13.0 Å². The number of H-pyrrole nitrogens is 1. The average Bonchev–Trinajstić information content (AvgIpc) is 3.52. The molecule has 9 nitrogen and oxygen atoms in total. The Hall–Kier alpha value is -3.95. The van der Waals surface area contributed by atoms with Crippen LogP contribution < -0.4 is 10.2 Å². The Bertz CT molecular complexity index is 1450. The minimum atomic E-state index is -0.610. The SMILES string of the molecule is CC(O)c1[nH]nc2cc(-c3cn4ccnc4c(Nc4ccc(N5CCOCC5)cc4)n3)ccc12. The molecule has 0 amide bonds. The summed E-state index contributed by atoms with van der Waals surface area (Å²) in [4.78, 5) is 11.7. The molecular formula is C25H25N7O2. The fourth-order valence-electron chi connectivity index (χ4n) is 4.38. The van der Waals surface area contributed by atoms with E-state index < -0.39 is 6.10 Å². The number of benzene rings is 2. The number of aliphatic hydroxyl groups excluding tert-OH is 1. The van der Waals surface area contributed by atoms with E-state index >= 15 is 0 Å². The van der Waals surface area contributed by atoms with Crippen molar-refractivity contribution in [2.24, 2.45) is 0 Å². The maximum absolute atomic E-state index is 9.95. The second kappa shape index (κ2) is 8.44. The number of nitrogens with one attached hydrogen (secondary N) is 2. The van der Waals surface area contributed by atoms with Crippen LogP contribution in [0.25, 0.3) is 27.8 Å². The molecule has 4 heterocycles. The molecule has 6 rings (SSSR count). The average molecular weight is 456 g/mol. The van der Waals surface area contributed by atoms with E-state index in [2.05, 4.69) is 49.7 Å². The zero-order valence-electron chi connectivity index (χ0n) is 18.8. The first-order valence-electron chi connectivity index (χ1n) is 11.4. The van der Waals surface area contributed by atoms with E-state index in [4.69, 9.17) is 9.72 Å². The van der Waals surface area contributed by atoms with Gasteiger partial charge in [0.05, 0.1) is 36.2 Å². The van der Waals surface area contributed by atoms with Crippen LogP contribution in [0.1, 0.15) is 18.7 Å². The molecule has 9 heteroatoms. The molecule has 0 spiro atoms. The van der Waals surface area contributed by atoms with Crippen LogP contribution >= 0.6 is 0 Å². The van der Waals surface area contributed by atoms with Crippen LogP contribution in [0.15, 0.2) is 61.1 Å². The highest BCUT2D eigenvalue weighted by Gasteiger charge is 2.15. The zero-order chi connectivity index (χ0) is 23.1. The number of ether oxygens (including phenoxy) is 1. The summed E-state index contributed by atoms with van der Waals surface area (Å²) in [6, 6.07) is 14.3. The number of rotatable bonds is 5. The van der Waals surface area contributed by atoms with Crippen LogP contribution in [-0.2, 0) is 4.74 Å². The van der Waals surface area contributed by atoms with Gasteiger partial charge in [0.15, 0.2) is 11.5 Å². The fraction of sp³-hybridized carbons (Fsp3) is 0.240. The summed E-state index contributed by atoms with van der Waals surface area (Å²) in [5.74, 6) is 0.674. The number of imidazole rings is 1. The van der Waals surface area contributed by atoms with Gasteiger partial charge in [-0.25, -0.2) is 9.97 Å². The van der Waals surface area contributed by atoms with Crippen molar-refractivity contribution in [3.05, 3.63) is 66.7 Å². The molecule has 1 saturated heterocycles. The van der Waals surface area contributed by atoms with E-state index in [-0.39, 0.29) is 0 Å². The molecule has 2 aromatic carbocycles. The highest BCUT2D eigenvalue weighted by molar-refractivity contribution is 5.86. The van der Waals surface area contributed by atoms with Gasteiger partial charge < -0.3 is 24.5 Å². The maximum atomic E-state index is 9.95. The second-order valence-electron chi connectivity index (χ2n) is 8.45. The van der Waals surface area contributed by atoms with E-state index in [9.17, 15) is 5.11 Å². The molecule has 0 radical (unpaired) electrons. The van der Waals surface area contributed by atoms with Crippen LogP contribution in [0.2, 0.25) is 0 Å². The molecule has 5 aromatic rings. The number of anilines is 3. The number of fused-ring (bicyclic) bond motifs is 2.